The summed E-state index contributed by atoms with van der Waals surface area (Å²) in [6.45, 7) is -1.72. The zero-order chi connectivity index (χ0) is 28.4. The Morgan fingerprint density at radius 2 is 0.947 bits per heavy atom. The maximum absolute atomic E-state index is 13.3. The van der Waals surface area contributed by atoms with Crippen LogP contribution in [-0.2, 0) is 9.59 Å². The smallest absolute Gasteiger partial charge is 0.471 e. The topological polar surface area (TPSA) is 157 Å². The summed E-state index contributed by atoms with van der Waals surface area (Å²) in [5.74, 6) is -7.56. The Balaban J connectivity index is 1.91. The van der Waals surface area contributed by atoms with Crippen LogP contribution < -0.4 is 21.3 Å². The molecular weight excluding hydrogens is 530 g/mol. The van der Waals surface area contributed by atoms with Crippen LogP contribution >= 0.6 is 0 Å². The molecule has 6 N–H and O–H groups in total. The van der Waals surface area contributed by atoms with E-state index in [0.29, 0.717) is 0 Å². The van der Waals surface area contributed by atoms with Crippen LogP contribution in [0.4, 0.5) is 37.7 Å². The van der Waals surface area contributed by atoms with E-state index in [1.54, 1.807) is 10.6 Å². The van der Waals surface area contributed by atoms with Gasteiger partial charge >= 0.3 is 24.2 Å². The van der Waals surface area contributed by atoms with Crippen molar-refractivity contribution >= 4 is 34.8 Å². The minimum absolute atomic E-state index is 0.0797. The van der Waals surface area contributed by atoms with Crippen molar-refractivity contribution in [3.05, 3.63) is 46.5 Å². The number of amides is 2. The number of nitrogens with one attached hydrogen (secondary N) is 4. The van der Waals surface area contributed by atoms with Crippen molar-refractivity contribution in [2.75, 3.05) is 36.8 Å². The van der Waals surface area contributed by atoms with Crippen molar-refractivity contribution in [1.29, 1.82) is 0 Å². The second-order valence-electron chi connectivity index (χ2n) is 7.78. The second kappa shape index (κ2) is 10.5. The molecule has 38 heavy (non-hydrogen) atoms. The minimum Gasteiger partial charge on any atom is -0.507 e. The highest BCUT2D eigenvalue weighted by atomic mass is 19.4. The summed E-state index contributed by atoms with van der Waals surface area (Å²) in [6, 6.07) is 4.40. The first-order valence-electron chi connectivity index (χ1n) is 10.6. The Kier molecular flexibility index (Phi) is 7.74. The zero-order valence-electron chi connectivity index (χ0n) is 18.9. The molecule has 0 atom stereocenters. The van der Waals surface area contributed by atoms with Gasteiger partial charge in [0.05, 0.1) is 22.3 Å². The molecule has 204 valence electrons. The number of fused-ring (bicyclic) bond motifs is 2. The lowest BCUT2D eigenvalue weighted by molar-refractivity contribution is -0.173. The number of benzene rings is 2. The summed E-state index contributed by atoms with van der Waals surface area (Å²) in [7, 11) is 0. The summed E-state index contributed by atoms with van der Waals surface area (Å²) >= 11 is 0. The molecule has 3 rings (SSSR count). The van der Waals surface area contributed by atoms with Crippen molar-refractivity contribution in [2.45, 2.75) is 12.4 Å². The Morgan fingerprint density at radius 3 is 1.26 bits per heavy atom. The molecule has 0 saturated carbocycles. The number of hydrogen-bond acceptors (Lipinski definition) is 8. The highest BCUT2D eigenvalue weighted by molar-refractivity contribution is 6.33. The molecule has 0 spiro atoms. The van der Waals surface area contributed by atoms with Crippen molar-refractivity contribution in [3.8, 4) is 11.5 Å². The monoisotopic (exact) mass is 548 g/mol. The van der Waals surface area contributed by atoms with Crippen LogP contribution in [-0.4, -0.2) is 72.1 Å². The average molecular weight is 548 g/mol. The Labute approximate surface area is 209 Å². The van der Waals surface area contributed by atoms with Crippen LogP contribution in [0, 0.1) is 0 Å². The first-order chi connectivity index (χ1) is 17.6. The van der Waals surface area contributed by atoms with E-state index in [9.17, 15) is 55.7 Å². The van der Waals surface area contributed by atoms with Gasteiger partial charge in [0.2, 0.25) is 11.6 Å². The van der Waals surface area contributed by atoms with Gasteiger partial charge in [-0.2, -0.15) is 26.3 Å². The van der Waals surface area contributed by atoms with Crippen LogP contribution in [0.15, 0.2) is 24.3 Å². The number of halogens is 6. The molecule has 0 heterocycles. The van der Waals surface area contributed by atoms with Gasteiger partial charge in [0.25, 0.3) is 0 Å². The van der Waals surface area contributed by atoms with Crippen molar-refractivity contribution in [3.63, 3.8) is 0 Å². The molecule has 0 aromatic heterocycles. The number of aromatic hydroxyl groups is 2. The number of anilines is 2. The van der Waals surface area contributed by atoms with Crippen LogP contribution in [0.2, 0.25) is 0 Å². The van der Waals surface area contributed by atoms with Gasteiger partial charge in [-0.05, 0) is 24.3 Å². The predicted molar refractivity (Wildman–Crippen MR) is 118 cm³/mol. The molecule has 2 aromatic rings. The molecule has 2 aromatic carbocycles. The number of carbonyl (C=O) groups is 4. The number of rotatable bonds is 8. The van der Waals surface area contributed by atoms with E-state index < -0.39 is 71.4 Å². The number of phenolic OH excluding ortho intramolecular Hbond substituents is 2. The molecule has 0 radical (unpaired) electrons. The molecule has 0 bridgehead atoms. The third-order valence-electron chi connectivity index (χ3n) is 5.24. The van der Waals surface area contributed by atoms with E-state index in [0.717, 1.165) is 12.1 Å². The molecule has 16 heteroatoms. The highest BCUT2D eigenvalue weighted by Gasteiger charge is 2.40. The molecular formula is C22H18F6N4O6. The quantitative estimate of drug-likeness (QED) is 0.142. The first-order valence-corrected chi connectivity index (χ1v) is 10.6. The average Bonchev–Trinajstić information content (AvgIpc) is 2.82. The molecule has 10 nitrogen and oxygen atoms in total. The Morgan fingerprint density at radius 1 is 0.605 bits per heavy atom. The summed E-state index contributed by atoms with van der Waals surface area (Å²) in [4.78, 5) is 48.6. The van der Waals surface area contributed by atoms with Gasteiger partial charge in [0.1, 0.15) is 11.5 Å². The van der Waals surface area contributed by atoms with Gasteiger partial charge in [-0.15, -0.1) is 0 Å². The lowest BCUT2D eigenvalue weighted by Gasteiger charge is -2.25. The highest BCUT2D eigenvalue weighted by Crippen LogP contribution is 2.42. The maximum Gasteiger partial charge on any atom is 0.471 e. The summed E-state index contributed by atoms with van der Waals surface area (Å²) < 4.78 is 74.2. The number of alkyl halides is 6. The molecule has 0 unspecified atom stereocenters. The molecule has 1 aliphatic rings. The molecule has 2 amide bonds. The Bertz CT molecular complexity index is 1210. The van der Waals surface area contributed by atoms with Gasteiger partial charge < -0.3 is 31.5 Å². The lowest BCUT2D eigenvalue weighted by atomic mass is 9.81. The van der Waals surface area contributed by atoms with E-state index >= 15 is 0 Å². The standard InChI is InChI=1S/C22H18F6N4O6/c23-21(24,25)19(37)31-7-5-29-9-1-2-10(30-6-8-32-20(38)22(26,27)28)14-13(9)17(35)15-11(33)3-4-12(34)16(15)18(14)36/h1-4,29-30,33-34H,5-8H2,(H,31,37)(H,32,38). The van der Waals surface area contributed by atoms with Gasteiger partial charge in [0.15, 0.2) is 0 Å². The second-order valence-corrected chi connectivity index (χ2v) is 7.78. The summed E-state index contributed by atoms with van der Waals surface area (Å²) in [5.41, 5.74) is -1.94. The minimum atomic E-state index is -5.11. The van der Waals surface area contributed by atoms with E-state index in [-0.39, 0.29) is 35.6 Å². The zero-order valence-corrected chi connectivity index (χ0v) is 18.9. The predicted octanol–water partition coefficient (Wildman–Crippen LogP) is 2.05. The van der Waals surface area contributed by atoms with Crippen molar-refractivity contribution in [1.82, 2.24) is 10.6 Å². The third-order valence-corrected chi connectivity index (χ3v) is 5.24. The summed E-state index contributed by atoms with van der Waals surface area (Å²) in [6.07, 6.45) is -10.2. The SMILES string of the molecule is O=C1c2c(O)ccc(O)c2C(=O)c2c(NCCNC(=O)C(F)(F)F)ccc(NCCNC(=O)C(F)(F)F)c21. The largest absolute Gasteiger partial charge is 0.507 e. The fraction of sp³-hybridized carbons (Fsp3) is 0.273. The van der Waals surface area contributed by atoms with Gasteiger partial charge in [0, 0.05) is 37.6 Å². The lowest BCUT2D eigenvalue weighted by Crippen LogP contribution is -2.39. The van der Waals surface area contributed by atoms with Crippen LogP contribution in [0.25, 0.3) is 0 Å². The van der Waals surface area contributed by atoms with E-state index in [2.05, 4.69) is 10.6 Å². The van der Waals surface area contributed by atoms with E-state index in [1.807, 2.05) is 0 Å². The van der Waals surface area contributed by atoms with E-state index in [1.165, 1.54) is 12.1 Å². The maximum atomic E-state index is 13.3. The number of carbonyl (C=O) groups excluding carboxylic acids is 4. The van der Waals surface area contributed by atoms with Crippen LogP contribution in [0.1, 0.15) is 31.8 Å². The number of ketones is 2. The normalized spacial score (nSPS) is 12.9. The molecule has 0 saturated heterocycles. The third kappa shape index (κ3) is 5.73. The fourth-order valence-corrected chi connectivity index (χ4v) is 3.61. The van der Waals surface area contributed by atoms with Gasteiger partial charge in [-0.1, -0.05) is 0 Å². The van der Waals surface area contributed by atoms with Crippen molar-refractivity contribution < 1.29 is 55.7 Å². The van der Waals surface area contributed by atoms with Gasteiger partial charge in [-0.25, -0.2) is 0 Å². The number of hydrogen-bond donors (Lipinski definition) is 6. The summed E-state index contributed by atoms with van der Waals surface area (Å²) in [5, 5.41) is 28.8. The molecule has 0 fully saturated rings. The first kappa shape index (κ1) is 28.1. The van der Waals surface area contributed by atoms with Crippen molar-refractivity contribution in [2.24, 2.45) is 0 Å². The van der Waals surface area contributed by atoms with Crippen LogP contribution in [0.5, 0.6) is 11.5 Å². The van der Waals surface area contributed by atoms with E-state index in [4.69, 9.17) is 0 Å². The van der Waals surface area contributed by atoms with Gasteiger partial charge in [-0.3, -0.25) is 19.2 Å². The molecule has 0 aliphatic heterocycles. The number of phenols is 2. The molecule has 1 aliphatic carbocycles. The van der Waals surface area contributed by atoms with Crippen LogP contribution in [0.3, 0.4) is 0 Å². The fourth-order valence-electron chi connectivity index (χ4n) is 3.61. The Hall–Kier alpha value is -4.50.